The van der Waals surface area contributed by atoms with Crippen molar-refractivity contribution in [3.8, 4) is 0 Å². The summed E-state index contributed by atoms with van der Waals surface area (Å²) in [6, 6.07) is 4.92. The summed E-state index contributed by atoms with van der Waals surface area (Å²) in [6.45, 7) is 7.70. The van der Waals surface area contributed by atoms with Crippen LogP contribution in [-0.2, 0) is 4.74 Å². The Hall–Kier alpha value is -1.46. The van der Waals surface area contributed by atoms with E-state index in [9.17, 15) is 9.59 Å². The Kier molecular flexibility index (Phi) is 5.27. The highest BCUT2D eigenvalue weighted by molar-refractivity contribution is 6.36. The van der Waals surface area contributed by atoms with E-state index in [1.807, 2.05) is 25.7 Å². The Morgan fingerprint density at radius 1 is 1.21 bits per heavy atom. The molecule has 3 fully saturated rings. The Balaban J connectivity index is 1.39. The number of hydrogen-bond acceptors (Lipinski definition) is 3. The average Bonchev–Trinajstić information content (AvgIpc) is 3.47. The van der Waals surface area contributed by atoms with Crippen molar-refractivity contribution in [2.45, 2.75) is 45.6 Å². The molecule has 29 heavy (non-hydrogen) atoms. The first-order valence-electron chi connectivity index (χ1n) is 10.3. The maximum Gasteiger partial charge on any atom is 0.410 e. The number of nitrogens with zero attached hydrogens (tertiary/aromatic N) is 1. The first-order chi connectivity index (χ1) is 13.6. The number of amides is 2. The van der Waals surface area contributed by atoms with Gasteiger partial charge in [0.25, 0.3) is 5.91 Å². The number of ether oxygens (including phenoxy) is 1. The molecule has 1 heterocycles. The normalized spacial score (nSPS) is 28.1. The van der Waals surface area contributed by atoms with E-state index in [1.165, 1.54) is 12.8 Å². The van der Waals surface area contributed by atoms with Crippen LogP contribution in [-0.4, -0.2) is 42.1 Å². The number of halogens is 2. The van der Waals surface area contributed by atoms with Crippen LogP contribution in [0.5, 0.6) is 0 Å². The second-order valence-electron chi connectivity index (χ2n) is 9.79. The summed E-state index contributed by atoms with van der Waals surface area (Å²) >= 11 is 12.1. The number of rotatable bonds is 5. The van der Waals surface area contributed by atoms with Crippen molar-refractivity contribution in [2.24, 2.45) is 23.2 Å². The second-order valence-corrected chi connectivity index (χ2v) is 10.6. The molecule has 2 aliphatic carbocycles. The van der Waals surface area contributed by atoms with Crippen molar-refractivity contribution in [1.29, 1.82) is 0 Å². The standard InChI is InChI=1S/C22H28Cl2N2O3/c1-21(2,3)29-20(28)26-10-16-17(11-26)22(16,9-13-4-5-13)12-25-19(27)15-7-6-14(23)8-18(15)24/h6-8,13,16-17H,4-5,9-12H2,1-3H3,(H,25,27). The molecule has 2 unspecified atom stereocenters. The van der Waals surface area contributed by atoms with Gasteiger partial charge >= 0.3 is 6.09 Å². The summed E-state index contributed by atoms with van der Waals surface area (Å²) in [6.07, 6.45) is 3.43. The van der Waals surface area contributed by atoms with Crippen LogP contribution in [0.15, 0.2) is 18.2 Å². The first-order valence-corrected chi connectivity index (χ1v) is 11.1. The van der Waals surface area contributed by atoms with Gasteiger partial charge in [-0.3, -0.25) is 4.79 Å². The van der Waals surface area contributed by atoms with Gasteiger partial charge < -0.3 is 15.0 Å². The fourth-order valence-corrected chi connectivity index (χ4v) is 5.32. The minimum Gasteiger partial charge on any atom is -0.444 e. The third-order valence-corrected chi connectivity index (χ3v) is 7.01. The van der Waals surface area contributed by atoms with E-state index >= 15 is 0 Å². The molecule has 2 amide bonds. The van der Waals surface area contributed by atoms with E-state index in [0.717, 1.165) is 12.3 Å². The van der Waals surface area contributed by atoms with Crippen molar-refractivity contribution in [2.75, 3.05) is 19.6 Å². The molecule has 1 aromatic rings. The summed E-state index contributed by atoms with van der Waals surface area (Å²) in [7, 11) is 0. The smallest absolute Gasteiger partial charge is 0.410 e. The van der Waals surface area contributed by atoms with E-state index < -0.39 is 5.60 Å². The highest BCUT2D eigenvalue weighted by Gasteiger charge is 2.69. The van der Waals surface area contributed by atoms with Gasteiger partial charge in [-0.15, -0.1) is 0 Å². The van der Waals surface area contributed by atoms with Gasteiger partial charge in [-0.2, -0.15) is 0 Å². The molecule has 1 N–H and O–H groups in total. The summed E-state index contributed by atoms with van der Waals surface area (Å²) in [5, 5.41) is 3.97. The number of nitrogens with one attached hydrogen (secondary N) is 1. The lowest BCUT2D eigenvalue weighted by Gasteiger charge is -2.29. The molecule has 2 saturated carbocycles. The SMILES string of the molecule is CC(C)(C)OC(=O)N1CC2C(C1)C2(CNC(=O)c1ccc(Cl)cc1Cl)CC1CC1. The van der Waals surface area contributed by atoms with Crippen LogP contribution in [0.2, 0.25) is 10.0 Å². The Labute approximate surface area is 182 Å². The number of benzene rings is 1. The number of carbonyl (C=O) groups is 2. The Morgan fingerprint density at radius 3 is 2.41 bits per heavy atom. The van der Waals surface area contributed by atoms with Gasteiger partial charge in [0, 0.05) is 24.7 Å². The first kappa shape index (κ1) is 20.8. The van der Waals surface area contributed by atoms with Crippen LogP contribution in [0.1, 0.15) is 50.4 Å². The van der Waals surface area contributed by atoms with Gasteiger partial charge in [0.1, 0.15) is 5.60 Å². The lowest BCUT2D eigenvalue weighted by Crippen LogP contribution is -2.41. The molecule has 0 aromatic heterocycles. The maximum absolute atomic E-state index is 12.7. The Bertz CT molecular complexity index is 820. The van der Waals surface area contributed by atoms with E-state index in [-0.39, 0.29) is 17.4 Å². The topological polar surface area (TPSA) is 58.6 Å². The fraction of sp³-hybridized carbons (Fsp3) is 0.636. The minimum absolute atomic E-state index is 0.0915. The lowest BCUT2D eigenvalue weighted by atomic mass is 9.92. The molecule has 3 aliphatic rings. The number of likely N-dealkylation sites (tertiary alicyclic amines) is 1. The molecule has 1 saturated heterocycles. The predicted molar refractivity (Wildman–Crippen MR) is 113 cm³/mol. The molecule has 0 spiro atoms. The molecule has 2 atom stereocenters. The van der Waals surface area contributed by atoms with Gasteiger partial charge in [0.05, 0.1) is 10.6 Å². The molecule has 158 valence electrons. The van der Waals surface area contributed by atoms with Crippen molar-refractivity contribution in [1.82, 2.24) is 10.2 Å². The van der Waals surface area contributed by atoms with Gasteiger partial charge in [-0.1, -0.05) is 36.0 Å². The van der Waals surface area contributed by atoms with E-state index in [1.54, 1.807) is 18.2 Å². The van der Waals surface area contributed by atoms with Gasteiger partial charge in [0.2, 0.25) is 0 Å². The Morgan fingerprint density at radius 2 is 1.86 bits per heavy atom. The summed E-state index contributed by atoms with van der Waals surface area (Å²) in [4.78, 5) is 26.9. The number of carbonyl (C=O) groups excluding carboxylic acids is 2. The number of piperidine rings is 1. The van der Waals surface area contributed by atoms with Crippen molar-refractivity contribution in [3.05, 3.63) is 33.8 Å². The van der Waals surface area contributed by atoms with Crippen molar-refractivity contribution >= 4 is 35.2 Å². The van der Waals surface area contributed by atoms with E-state index in [4.69, 9.17) is 27.9 Å². The molecular weight excluding hydrogens is 411 g/mol. The molecule has 1 aromatic carbocycles. The quantitative estimate of drug-likeness (QED) is 0.702. The third kappa shape index (κ3) is 4.36. The maximum atomic E-state index is 12.7. The molecule has 0 radical (unpaired) electrons. The molecule has 1 aliphatic heterocycles. The average molecular weight is 439 g/mol. The summed E-state index contributed by atoms with van der Waals surface area (Å²) < 4.78 is 5.52. The van der Waals surface area contributed by atoms with Crippen LogP contribution in [0.4, 0.5) is 4.79 Å². The number of hydrogen-bond donors (Lipinski definition) is 1. The highest BCUT2D eigenvalue weighted by Crippen LogP contribution is 2.67. The fourth-order valence-electron chi connectivity index (χ4n) is 4.82. The van der Waals surface area contributed by atoms with Gasteiger partial charge in [-0.05, 0) is 68.6 Å². The summed E-state index contributed by atoms with van der Waals surface area (Å²) in [5.74, 6) is 1.44. The number of fused-ring (bicyclic) bond motifs is 1. The largest absolute Gasteiger partial charge is 0.444 e. The van der Waals surface area contributed by atoms with Crippen LogP contribution >= 0.6 is 23.2 Å². The highest BCUT2D eigenvalue weighted by atomic mass is 35.5. The van der Waals surface area contributed by atoms with Gasteiger partial charge in [-0.25, -0.2) is 4.79 Å². The van der Waals surface area contributed by atoms with Crippen LogP contribution in [0, 0.1) is 23.2 Å². The predicted octanol–water partition coefficient (Wildman–Crippen LogP) is 5.01. The van der Waals surface area contributed by atoms with E-state index in [0.29, 0.717) is 47.1 Å². The van der Waals surface area contributed by atoms with Gasteiger partial charge in [0.15, 0.2) is 0 Å². The molecular formula is C22H28Cl2N2O3. The van der Waals surface area contributed by atoms with Crippen molar-refractivity contribution < 1.29 is 14.3 Å². The van der Waals surface area contributed by atoms with Crippen molar-refractivity contribution in [3.63, 3.8) is 0 Å². The third-order valence-electron chi connectivity index (χ3n) is 6.46. The van der Waals surface area contributed by atoms with Crippen LogP contribution in [0.25, 0.3) is 0 Å². The molecule has 7 heteroatoms. The molecule has 5 nitrogen and oxygen atoms in total. The molecule has 0 bridgehead atoms. The zero-order valence-corrected chi connectivity index (χ0v) is 18.6. The lowest BCUT2D eigenvalue weighted by molar-refractivity contribution is 0.0245. The monoisotopic (exact) mass is 438 g/mol. The van der Waals surface area contributed by atoms with Crippen LogP contribution < -0.4 is 5.32 Å². The zero-order valence-electron chi connectivity index (χ0n) is 17.1. The zero-order chi connectivity index (χ0) is 21.0. The summed E-state index contributed by atoms with van der Waals surface area (Å²) in [5.41, 5.74) is 0.0495. The van der Waals surface area contributed by atoms with Crippen LogP contribution in [0.3, 0.4) is 0 Å². The molecule has 4 rings (SSSR count). The second kappa shape index (κ2) is 7.35. The van der Waals surface area contributed by atoms with E-state index in [2.05, 4.69) is 5.32 Å². The minimum atomic E-state index is -0.485.